The minimum absolute atomic E-state index is 0.0451. The third-order valence-electron chi connectivity index (χ3n) is 3.66. The first-order valence-electron chi connectivity index (χ1n) is 8.03. The second kappa shape index (κ2) is 8.17. The van der Waals surface area contributed by atoms with Gasteiger partial charge in [-0.25, -0.2) is 18.1 Å². The smallest absolute Gasteiger partial charge is 0.356 e. The first-order valence-corrected chi connectivity index (χ1v) is 9.68. The number of nitrogens with zero attached hydrogens (tertiary/aromatic N) is 3. The summed E-state index contributed by atoms with van der Waals surface area (Å²) in [5.74, 6) is 0.214. The second-order valence-electron chi connectivity index (χ2n) is 5.89. The molecule has 1 aliphatic heterocycles. The molecule has 0 aromatic carbocycles. The second-order valence-corrected chi connectivity index (χ2v) is 7.82. The van der Waals surface area contributed by atoms with Crippen LogP contribution >= 0.6 is 0 Å². The monoisotopic (exact) mass is 381 g/mol. The summed E-state index contributed by atoms with van der Waals surface area (Å²) in [5, 5.41) is 2.90. The van der Waals surface area contributed by atoms with Gasteiger partial charge in [-0.1, -0.05) is 0 Å². The van der Waals surface area contributed by atoms with Crippen LogP contribution in [0.15, 0.2) is 6.07 Å². The molecule has 142 valence electrons. The number of alkyl halides is 3. The van der Waals surface area contributed by atoms with Gasteiger partial charge in [-0.15, -0.1) is 0 Å². The molecule has 1 aromatic rings. The van der Waals surface area contributed by atoms with E-state index in [0.717, 1.165) is 37.4 Å². The van der Waals surface area contributed by atoms with E-state index in [-0.39, 0.29) is 13.1 Å². The predicted octanol–water partition coefficient (Wildman–Crippen LogP) is 1.67. The molecule has 0 amide bonds. The minimum atomic E-state index is -4.49. The number of nitrogens with one attached hydrogen (secondary N) is 2. The van der Waals surface area contributed by atoms with Gasteiger partial charge in [0, 0.05) is 37.9 Å². The van der Waals surface area contributed by atoms with Crippen molar-refractivity contribution in [1.82, 2.24) is 14.7 Å². The number of sulfonamides is 1. The summed E-state index contributed by atoms with van der Waals surface area (Å²) >= 11 is 0. The zero-order valence-electron chi connectivity index (χ0n) is 13.9. The van der Waals surface area contributed by atoms with E-state index in [1.165, 1.54) is 0 Å². The highest BCUT2D eigenvalue weighted by Crippen LogP contribution is 2.20. The van der Waals surface area contributed by atoms with Crippen molar-refractivity contribution in [3.8, 4) is 0 Å². The molecule has 2 rings (SSSR count). The lowest BCUT2D eigenvalue weighted by atomic mass is 10.4. The fourth-order valence-electron chi connectivity index (χ4n) is 2.44. The minimum Gasteiger partial charge on any atom is -0.356 e. The maximum Gasteiger partial charge on any atom is 0.390 e. The average Bonchev–Trinajstić information content (AvgIpc) is 3.03. The molecule has 11 heteroatoms. The predicted molar refractivity (Wildman–Crippen MR) is 89.2 cm³/mol. The topological polar surface area (TPSA) is 87.2 Å². The average molecular weight is 381 g/mol. The molecule has 1 aliphatic rings. The number of hydrogen-bond donors (Lipinski definition) is 2. The quantitative estimate of drug-likeness (QED) is 0.666. The molecule has 1 saturated heterocycles. The number of halogens is 3. The highest BCUT2D eigenvalue weighted by Gasteiger charge is 2.29. The Hall–Kier alpha value is -1.62. The number of aryl methyl sites for hydroxylation is 1. The summed E-state index contributed by atoms with van der Waals surface area (Å²) < 4.78 is 61.3. The van der Waals surface area contributed by atoms with Crippen LogP contribution < -0.4 is 14.9 Å². The summed E-state index contributed by atoms with van der Waals surface area (Å²) in [4.78, 5) is 10.8. The SMILES string of the molecule is Cc1cc(N2CCCC2)nc(NCCNS(=O)(=O)CCC(F)(F)F)n1. The van der Waals surface area contributed by atoms with E-state index in [1.807, 2.05) is 13.0 Å². The van der Waals surface area contributed by atoms with Gasteiger partial charge in [0.25, 0.3) is 0 Å². The molecule has 2 N–H and O–H groups in total. The van der Waals surface area contributed by atoms with E-state index >= 15 is 0 Å². The van der Waals surface area contributed by atoms with Crippen LogP contribution in [-0.2, 0) is 10.0 Å². The lowest BCUT2D eigenvalue weighted by molar-refractivity contribution is -0.129. The van der Waals surface area contributed by atoms with Gasteiger partial charge in [-0.05, 0) is 19.8 Å². The first kappa shape index (κ1) is 19.7. The Bertz CT molecular complexity index is 676. The highest BCUT2D eigenvalue weighted by atomic mass is 32.2. The summed E-state index contributed by atoms with van der Waals surface area (Å²) in [7, 11) is -3.96. The molecule has 2 heterocycles. The van der Waals surface area contributed by atoms with Crippen LogP contribution in [0.4, 0.5) is 24.9 Å². The van der Waals surface area contributed by atoms with Crippen molar-refractivity contribution in [1.29, 1.82) is 0 Å². The Morgan fingerprint density at radius 3 is 2.52 bits per heavy atom. The van der Waals surface area contributed by atoms with Crippen LogP contribution in [-0.4, -0.2) is 56.5 Å². The van der Waals surface area contributed by atoms with E-state index in [0.29, 0.717) is 5.95 Å². The molecule has 1 aromatic heterocycles. The lowest BCUT2D eigenvalue weighted by Gasteiger charge is -2.17. The molecule has 0 radical (unpaired) electrons. The van der Waals surface area contributed by atoms with Crippen molar-refractivity contribution in [2.24, 2.45) is 0 Å². The van der Waals surface area contributed by atoms with Crippen LogP contribution in [0, 0.1) is 6.92 Å². The molecule has 7 nitrogen and oxygen atoms in total. The van der Waals surface area contributed by atoms with Crippen LogP contribution in [0.25, 0.3) is 0 Å². The lowest BCUT2D eigenvalue weighted by Crippen LogP contribution is -2.32. The van der Waals surface area contributed by atoms with Gasteiger partial charge in [0.15, 0.2) is 0 Å². The van der Waals surface area contributed by atoms with E-state index in [4.69, 9.17) is 0 Å². The van der Waals surface area contributed by atoms with Crippen molar-refractivity contribution in [2.75, 3.05) is 42.1 Å². The highest BCUT2D eigenvalue weighted by molar-refractivity contribution is 7.89. The molecule has 1 fully saturated rings. The Morgan fingerprint density at radius 2 is 1.88 bits per heavy atom. The molecule has 0 saturated carbocycles. The van der Waals surface area contributed by atoms with Gasteiger partial charge < -0.3 is 10.2 Å². The van der Waals surface area contributed by atoms with Gasteiger partial charge in [0.2, 0.25) is 16.0 Å². The van der Waals surface area contributed by atoms with E-state index in [9.17, 15) is 21.6 Å². The number of rotatable bonds is 8. The molecule has 0 unspecified atom stereocenters. The Labute approximate surface area is 145 Å². The van der Waals surface area contributed by atoms with Crippen molar-refractivity contribution >= 4 is 21.8 Å². The third-order valence-corrected chi connectivity index (χ3v) is 5.04. The summed E-state index contributed by atoms with van der Waals surface area (Å²) in [6.45, 7) is 3.85. The molecular formula is C14H22F3N5O2S. The van der Waals surface area contributed by atoms with Crippen LogP contribution in [0.3, 0.4) is 0 Å². The molecule has 25 heavy (non-hydrogen) atoms. The van der Waals surface area contributed by atoms with Gasteiger partial charge in [-0.3, -0.25) is 0 Å². The number of aromatic nitrogens is 2. The standard InChI is InChI=1S/C14H22F3N5O2S/c1-11-10-12(22-7-2-3-8-22)21-13(20-11)18-5-6-19-25(23,24)9-4-14(15,16)17/h10,19H,2-9H2,1H3,(H,18,20,21). The number of anilines is 2. The third kappa shape index (κ3) is 7.02. The van der Waals surface area contributed by atoms with Crippen molar-refractivity contribution < 1.29 is 21.6 Å². The van der Waals surface area contributed by atoms with E-state index < -0.39 is 28.4 Å². The molecule has 0 atom stereocenters. The van der Waals surface area contributed by atoms with Gasteiger partial charge in [-0.2, -0.15) is 18.2 Å². The Balaban J connectivity index is 1.81. The van der Waals surface area contributed by atoms with Crippen LogP contribution in [0.2, 0.25) is 0 Å². The van der Waals surface area contributed by atoms with E-state index in [1.54, 1.807) is 0 Å². The Kier molecular flexibility index (Phi) is 6.44. The molecule has 0 aliphatic carbocycles. The fraction of sp³-hybridized carbons (Fsp3) is 0.714. The summed E-state index contributed by atoms with van der Waals surface area (Å²) in [6.07, 6.45) is -3.62. The zero-order valence-corrected chi connectivity index (χ0v) is 14.8. The Morgan fingerprint density at radius 1 is 1.20 bits per heavy atom. The van der Waals surface area contributed by atoms with E-state index in [2.05, 4.69) is 24.9 Å². The van der Waals surface area contributed by atoms with Gasteiger partial charge in [0.1, 0.15) is 5.82 Å². The molecule has 0 bridgehead atoms. The van der Waals surface area contributed by atoms with Crippen LogP contribution in [0.5, 0.6) is 0 Å². The normalized spacial score (nSPS) is 15.6. The summed E-state index contributed by atoms with van der Waals surface area (Å²) in [6, 6.07) is 1.89. The van der Waals surface area contributed by atoms with Crippen molar-refractivity contribution in [2.45, 2.75) is 32.4 Å². The maximum absolute atomic E-state index is 12.1. The largest absolute Gasteiger partial charge is 0.390 e. The zero-order chi connectivity index (χ0) is 18.5. The van der Waals surface area contributed by atoms with Crippen molar-refractivity contribution in [3.63, 3.8) is 0 Å². The van der Waals surface area contributed by atoms with Crippen molar-refractivity contribution in [3.05, 3.63) is 11.8 Å². The van der Waals surface area contributed by atoms with Crippen LogP contribution in [0.1, 0.15) is 25.0 Å². The van der Waals surface area contributed by atoms with Gasteiger partial charge in [0.05, 0.1) is 12.2 Å². The van der Waals surface area contributed by atoms with Gasteiger partial charge >= 0.3 is 6.18 Å². The first-order chi connectivity index (χ1) is 11.6. The fourth-order valence-corrected chi connectivity index (χ4v) is 3.50. The maximum atomic E-state index is 12.1. The number of hydrogen-bond acceptors (Lipinski definition) is 6. The summed E-state index contributed by atoms with van der Waals surface area (Å²) in [5.41, 5.74) is 0.783. The molecular weight excluding hydrogens is 359 g/mol. The molecule has 0 spiro atoms.